The summed E-state index contributed by atoms with van der Waals surface area (Å²) in [4.78, 5) is 24.4. The van der Waals surface area contributed by atoms with Crippen molar-refractivity contribution in [1.82, 2.24) is 4.31 Å². The molecular weight excluding hydrogens is 432 g/mol. The van der Waals surface area contributed by atoms with E-state index in [-0.39, 0.29) is 42.1 Å². The van der Waals surface area contributed by atoms with Gasteiger partial charge in [-0.05, 0) is 55.3 Å². The summed E-state index contributed by atoms with van der Waals surface area (Å²) in [5.74, 6) is -2.97. The van der Waals surface area contributed by atoms with Crippen LogP contribution in [0.1, 0.15) is 23.2 Å². The highest BCUT2D eigenvalue weighted by atomic mass is 32.2. The number of halogens is 2. The zero-order valence-corrected chi connectivity index (χ0v) is 17.5. The highest BCUT2D eigenvalue weighted by molar-refractivity contribution is 7.89. The number of esters is 1. The zero-order valence-electron chi connectivity index (χ0n) is 16.7. The van der Waals surface area contributed by atoms with Crippen LogP contribution in [0.3, 0.4) is 0 Å². The van der Waals surface area contributed by atoms with E-state index < -0.39 is 45.9 Å². The molecule has 1 aliphatic heterocycles. The molecular formula is C21H21F2NO6S. The predicted octanol–water partition coefficient (Wildman–Crippen LogP) is 2.80. The molecule has 0 spiro atoms. The van der Waals surface area contributed by atoms with E-state index in [0.717, 1.165) is 18.2 Å². The molecule has 0 aliphatic carbocycles. The normalized spacial score (nSPS) is 15.5. The van der Waals surface area contributed by atoms with Crippen molar-refractivity contribution >= 4 is 21.8 Å². The van der Waals surface area contributed by atoms with Crippen molar-refractivity contribution in [3.05, 3.63) is 59.7 Å². The first-order chi connectivity index (χ1) is 14.7. The number of piperidine rings is 1. The van der Waals surface area contributed by atoms with Gasteiger partial charge in [-0.3, -0.25) is 9.59 Å². The number of rotatable bonds is 7. The highest BCUT2D eigenvalue weighted by Gasteiger charge is 2.33. The van der Waals surface area contributed by atoms with Gasteiger partial charge in [0.05, 0.1) is 17.9 Å². The van der Waals surface area contributed by atoms with E-state index in [9.17, 15) is 26.8 Å². The van der Waals surface area contributed by atoms with Crippen LogP contribution in [-0.2, 0) is 19.6 Å². The molecule has 3 rings (SSSR count). The minimum atomic E-state index is -3.78. The molecule has 0 unspecified atom stereocenters. The molecule has 0 radical (unpaired) electrons. The minimum Gasteiger partial charge on any atom is -0.494 e. The van der Waals surface area contributed by atoms with Gasteiger partial charge in [0.1, 0.15) is 5.82 Å². The zero-order chi connectivity index (χ0) is 22.6. The second-order valence-corrected chi connectivity index (χ2v) is 8.95. The van der Waals surface area contributed by atoms with E-state index in [1.807, 2.05) is 0 Å². The molecule has 166 valence electrons. The van der Waals surface area contributed by atoms with Gasteiger partial charge in [0.2, 0.25) is 10.0 Å². The molecule has 0 atom stereocenters. The van der Waals surface area contributed by atoms with E-state index in [1.54, 1.807) is 0 Å². The summed E-state index contributed by atoms with van der Waals surface area (Å²) in [6.45, 7) is -0.354. The molecule has 0 bridgehead atoms. The van der Waals surface area contributed by atoms with Crippen molar-refractivity contribution < 1.29 is 36.3 Å². The van der Waals surface area contributed by atoms with E-state index >= 15 is 0 Å². The Morgan fingerprint density at radius 3 is 2.29 bits per heavy atom. The molecule has 1 saturated heterocycles. The number of hydrogen-bond acceptors (Lipinski definition) is 6. The Balaban J connectivity index is 1.52. The van der Waals surface area contributed by atoms with Crippen LogP contribution in [0, 0.1) is 17.6 Å². The molecule has 0 aromatic heterocycles. The van der Waals surface area contributed by atoms with Gasteiger partial charge in [0, 0.05) is 18.7 Å². The topological polar surface area (TPSA) is 90.0 Å². The van der Waals surface area contributed by atoms with Crippen LogP contribution in [0.15, 0.2) is 47.4 Å². The van der Waals surface area contributed by atoms with Crippen molar-refractivity contribution in [2.45, 2.75) is 17.7 Å². The number of ether oxygens (including phenoxy) is 2. The highest BCUT2D eigenvalue weighted by Crippen LogP contribution is 2.25. The summed E-state index contributed by atoms with van der Waals surface area (Å²) in [7, 11) is -2.48. The molecule has 0 saturated carbocycles. The molecule has 1 aliphatic rings. The predicted molar refractivity (Wildman–Crippen MR) is 106 cm³/mol. The Kier molecular flexibility index (Phi) is 7.01. The Morgan fingerprint density at radius 1 is 1.06 bits per heavy atom. The summed E-state index contributed by atoms with van der Waals surface area (Å²) >= 11 is 0. The Morgan fingerprint density at radius 2 is 1.71 bits per heavy atom. The summed E-state index contributed by atoms with van der Waals surface area (Å²) in [5.41, 5.74) is 0.0475. The fourth-order valence-corrected chi connectivity index (χ4v) is 4.73. The first kappa shape index (κ1) is 22.8. The maximum absolute atomic E-state index is 13.7. The number of carbonyl (C=O) groups is 2. The van der Waals surface area contributed by atoms with Gasteiger partial charge >= 0.3 is 5.97 Å². The minimum absolute atomic E-state index is 0.00380. The second-order valence-electron chi connectivity index (χ2n) is 7.01. The lowest BCUT2D eigenvalue weighted by atomic mass is 9.98. The van der Waals surface area contributed by atoms with Crippen LogP contribution >= 0.6 is 0 Å². The number of methoxy groups -OCH3 is 1. The number of carbonyl (C=O) groups excluding carboxylic acids is 2. The number of ketones is 1. The number of benzene rings is 2. The van der Waals surface area contributed by atoms with Gasteiger partial charge < -0.3 is 9.47 Å². The van der Waals surface area contributed by atoms with Crippen molar-refractivity contribution in [3.63, 3.8) is 0 Å². The van der Waals surface area contributed by atoms with Crippen LogP contribution in [0.4, 0.5) is 8.78 Å². The smallest absolute Gasteiger partial charge is 0.309 e. The molecule has 2 aromatic rings. The molecule has 1 heterocycles. The van der Waals surface area contributed by atoms with Crippen LogP contribution < -0.4 is 4.74 Å². The third-order valence-corrected chi connectivity index (χ3v) is 6.97. The molecule has 0 N–H and O–H groups in total. The molecule has 10 heteroatoms. The van der Waals surface area contributed by atoms with Gasteiger partial charge in [-0.2, -0.15) is 4.31 Å². The maximum Gasteiger partial charge on any atom is 0.309 e. The number of sulfonamides is 1. The SMILES string of the molecule is COc1ccc(C(=O)COC(=O)C2CCN(S(=O)(=O)c3ccc(F)cc3)CC2)cc1F. The Hall–Kier alpha value is -2.85. The third kappa shape index (κ3) is 5.26. The first-order valence-electron chi connectivity index (χ1n) is 9.51. The van der Waals surface area contributed by atoms with Crippen LogP contribution in [0.2, 0.25) is 0 Å². The van der Waals surface area contributed by atoms with E-state index in [4.69, 9.17) is 9.47 Å². The van der Waals surface area contributed by atoms with Gasteiger partial charge in [-0.15, -0.1) is 0 Å². The van der Waals surface area contributed by atoms with Crippen LogP contribution in [0.25, 0.3) is 0 Å². The average molecular weight is 453 g/mol. The monoisotopic (exact) mass is 453 g/mol. The van der Waals surface area contributed by atoms with Crippen molar-refractivity contribution in [3.8, 4) is 5.75 Å². The van der Waals surface area contributed by atoms with Crippen LogP contribution in [0.5, 0.6) is 5.75 Å². The third-order valence-electron chi connectivity index (χ3n) is 5.06. The average Bonchev–Trinajstić information content (AvgIpc) is 2.77. The quantitative estimate of drug-likeness (QED) is 0.473. The molecule has 2 aromatic carbocycles. The number of Topliss-reactive ketones (excluding diaryl/α,β-unsaturated/α-hetero) is 1. The lowest BCUT2D eigenvalue weighted by molar-refractivity contribution is -0.148. The lowest BCUT2D eigenvalue weighted by Crippen LogP contribution is -2.40. The fraction of sp³-hybridized carbons (Fsp3) is 0.333. The van der Waals surface area contributed by atoms with E-state index in [2.05, 4.69) is 0 Å². The summed E-state index contributed by atoms with van der Waals surface area (Å²) in [6, 6.07) is 8.22. The van der Waals surface area contributed by atoms with Gasteiger partial charge in [-0.25, -0.2) is 17.2 Å². The van der Waals surface area contributed by atoms with E-state index in [1.165, 1.54) is 35.7 Å². The Labute approximate surface area is 178 Å². The van der Waals surface area contributed by atoms with Crippen LogP contribution in [-0.4, -0.2) is 51.3 Å². The second kappa shape index (κ2) is 9.52. The number of nitrogens with zero attached hydrogens (tertiary/aromatic N) is 1. The fourth-order valence-electron chi connectivity index (χ4n) is 3.27. The van der Waals surface area contributed by atoms with Gasteiger partial charge in [-0.1, -0.05) is 0 Å². The maximum atomic E-state index is 13.7. The largest absolute Gasteiger partial charge is 0.494 e. The molecule has 31 heavy (non-hydrogen) atoms. The summed E-state index contributed by atoms with van der Waals surface area (Å²) in [6.07, 6.45) is 0.454. The van der Waals surface area contributed by atoms with Gasteiger partial charge in [0.15, 0.2) is 24.0 Å². The molecule has 0 amide bonds. The lowest BCUT2D eigenvalue weighted by Gasteiger charge is -2.30. The van der Waals surface area contributed by atoms with Crippen molar-refractivity contribution in [1.29, 1.82) is 0 Å². The standard InChI is InChI=1S/C21H21F2NO6S/c1-29-20-7-2-15(12-18(20)23)19(25)13-30-21(26)14-8-10-24(11-9-14)31(27,28)17-5-3-16(22)4-6-17/h2-7,12,14H,8-11,13H2,1H3. The van der Waals surface area contributed by atoms with E-state index in [0.29, 0.717) is 0 Å². The molecule has 1 fully saturated rings. The van der Waals surface area contributed by atoms with Gasteiger partial charge in [0.25, 0.3) is 0 Å². The first-order valence-corrected chi connectivity index (χ1v) is 11.0. The van der Waals surface area contributed by atoms with Crippen molar-refractivity contribution in [2.24, 2.45) is 5.92 Å². The Bertz CT molecular complexity index is 1060. The number of hydrogen-bond donors (Lipinski definition) is 0. The van der Waals surface area contributed by atoms with Crippen molar-refractivity contribution in [2.75, 3.05) is 26.8 Å². The summed E-state index contributed by atoms with van der Waals surface area (Å²) < 4.78 is 63.1. The summed E-state index contributed by atoms with van der Waals surface area (Å²) in [5, 5.41) is 0. The molecule has 7 nitrogen and oxygen atoms in total.